The van der Waals surface area contributed by atoms with Gasteiger partial charge in [-0.15, -0.1) is 0 Å². The first-order valence-electron chi connectivity index (χ1n) is 8.59. The number of hydrogen-bond donors (Lipinski definition) is 2. The lowest BCUT2D eigenvalue weighted by Crippen LogP contribution is -2.17. The summed E-state index contributed by atoms with van der Waals surface area (Å²) in [7, 11) is 0. The number of phenolic OH excluding ortho intramolecular Hbond substituents is 1. The molecule has 29 heavy (non-hydrogen) atoms. The van der Waals surface area contributed by atoms with Crippen LogP contribution in [0.1, 0.15) is 27.0 Å². The molecule has 0 saturated heterocycles. The number of halogens is 1. The monoisotopic (exact) mass is 449 g/mol. The predicted octanol–water partition coefficient (Wildman–Crippen LogP) is 4.37. The van der Waals surface area contributed by atoms with Gasteiger partial charge < -0.3 is 9.84 Å². The molecule has 0 unspecified atom stereocenters. The number of carbonyl (C=O) groups excluding carboxylic acids is 1. The van der Waals surface area contributed by atoms with E-state index in [1.165, 1.54) is 30.5 Å². The van der Waals surface area contributed by atoms with Gasteiger partial charge >= 0.3 is 0 Å². The molecular weight excluding hydrogens is 434 g/mol. The highest BCUT2D eigenvalue weighted by Gasteiger charge is 2.06. The molecule has 0 aliphatic carbocycles. The third-order valence-electron chi connectivity index (χ3n) is 3.99. The van der Waals surface area contributed by atoms with Crippen LogP contribution in [0.3, 0.4) is 0 Å². The van der Waals surface area contributed by atoms with E-state index < -0.39 is 0 Å². The lowest BCUT2D eigenvalue weighted by atomic mass is 10.1. The van der Waals surface area contributed by atoms with Crippen molar-refractivity contribution in [1.82, 2.24) is 5.43 Å². The second-order valence-corrected chi connectivity index (χ2v) is 6.85. The number of nitriles is 1. The van der Waals surface area contributed by atoms with Gasteiger partial charge in [-0.3, -0.25) is 4.79 Å². The van der Waals surface area contributed by atoms with Gasteiger partial charge in [-0.25, -0.2) is 5.43 Å². The van der Waals surface area contributed by atoms with Gasteiger partial charge in [-0.05, 0) is 70.0 Å². The summed E-state index contributed by atoms with van der Waals surface area (Å²) in [6.07, 6.45) is 1.51. The Balaban J connectivity index is 1.60. The Hall–Kier alpha value is -3.63. The van der Waals surface area contributed by atoms with Gasteiger partial charge in [0.25, 0.3) is 5.91 Å². The molecule has 3 rings (SSSR count). The van der Waals surface area contributed by atoms with E-state index in [4.69, 9.17) is 10.00 Å². The smallest absolute Gasteiger partial charge is 0.271 e. The van der Waals surface area contributed by atoms with Gasteiger partial charge in [0.2, 0.25) is 0 Å². The summed E-state index contributed by atoms with van der Waals surface area (Å²) in [6, 6.07) is 20.7. The number of rotatable bonds is 6. The van der Waals surface area contributed by atoms with E-state index in [1.54, 1.807) is 18.2 Å². The molecular formula is C22H16BrN3O3. The molecule has 0 radical (unpaired) electrons. The summed E-state index contributed by atoms with van der Waals surface area (Å²) < 4.78 is 6.52. The second-order valence-electron chi connectivity index (χ2n) is 5.99. The minimum atomic E-state index is -0.378. The molecule has 7 heteroatoms. The quantitative estimate of drug-likeness (QED) is 0.431. The highest BCUT2D eigenvalue weighted by molar-refractivity contribution is 9.10. The van der Waals surface area contributed by atoms with E-state index in [-0.39, 0.29) is 18.3 Å². The predicted molar refractivity (Wildman–Crippen MR) is 113 cm³/mol. The number of nitrogens with zero attached hydrogens (tertiary/aromatic N) is 2. The molecule has 6 nitrogen and oxygen atoms in total. The van der Waals surface area contributed by atoms with E-state index in [2.05, 4.69) is 32.5 Å². The Bertz CT molecular complexity index is 1090. The van der Waals surface area contributed by atoms with Gasteiger partial charge in [-0.1, -0.05) is 18.2 Å². The zero-order chi connectivity index (χ0) is 20.6. The number of carbonyl (C=O) groups is 1. The summed E-state index contributed by atoms with van der Waals surface area (Å²) in [5.41, 5.74) is 4.97. The van der Waals surface area contributed by atoms with Crippen molar-refractivity contribution >= 4 is 28.1 Å². The van der Waals surface area contributed by atoms with E-state index in [0.717, 1.165) is 15.6 Å². The minimum Gasteiger partial charge on any atom is -0.508 e. The average molecular weight is 450 g/mol. The van der Waals surface area contributed by atoms with Gasteiger partial charge in [0.1, 0.15) is 18.1 Å². The van der Waals surface area contributed by atoms with Gasteiger partial charge in [0.15, 0.2) is 0 Å². The van der Waals surface area contributed by atoms with Crippen LogP contribution in [-0.4, -0.2) is 17.2 Å². The molecule has 0 fully saturated rings. The molecule has 144 valence electrons. The molecule has 0 aliphatic rings. The zero-order valence-electron chi connectivity index (χ0n) is 15.2. The molecule has 0 spiro atoms. The molecule has 0 saturated carbocycles. The fourth-order valence-corrected chi connectivity index (χ4v) is 2.98. The lowest BCUT2D eigenvalue weighted by molar-refractivity contribution is 0.0955. The molecule has 0 aromatic heterocycles. The van der Waals surface area contributed by atoms with Gasteiger partial charge in [0.05, 0.1) is 22.3 Å². The number of hydrogen-bond acceptors (Lipinski definition) is 5. The maximum absolute atomic E-state index is 12.0. The first-order valence-corrected chi connectivity index (χ1v) is 9.39. The molecule has 3 aromatic rings. The van der Waals surface area contributed by atoms with E-state index in [0.29, 0.717) is 16.9 Å². The van der Waals surface area contributed by atoms with Crippen LogP contribution in [-0.2, 0) is 6.61 Å². The number of phenols is 1. The number of benzene rings is 3. The summed E-state index contributed by atoms with van der Waals surface area (Å²) in [6.45, 7) is 0.276. The van der Waals surface area contributed by atoms with Crippen molar-refractivity contribution in [3.8, 4) is 17.6 Å². The first kappa shape index (κ1) is 20.1. The number of amides is 1. The lowest BCUT2D eigenvalue weighted by Gasteiger charge is -2.10. The highest BCUT2D eigenvalue weighted by Crippen LogP contribution is 2.26. The van der Waals surface area contributed by atoms with Crippen LogP contribution in [0.25, 0.3) is 0 Å². The van der Waals surface area contributed by atoms with Crippen LogP contribution in [0.2, 0.25) is 0 Å². The van der Waals surface area contributed by atoms with E-state index >= 15 is 0 Å². The summed E-state index contributed by atoms with van der Waals surface area (Å²) in [4.78, 5) is 12.0. The molecule has 0 bridgehead atoms. The molecule has 3 aromatic carbocycles. The fraction of sp³-hybridized carbons (Fsp3) is 0.0455. The van der Waals surface area contributed by atoms with Crippen LogP contribution in [0.5, 0.6) is 11.5 Å². The number of hydrazone groups is 1. The molecule has 1 amide bonds. The summed E-state index contributed by atoms with van der Waals surface area (Å²) >= 11 is 3.46. The van der Waals surface area contributed by atoms with Crippen molar-refractivity contribution in [2.24, 2.45) is 5.10 Å². The van der Waals surface area contributed by atoms with Gasteiger partial charge in [-0.2, -0.15) is 10.4 Å². The SMILES string of the molecule is N#Cc1ccccc1COc1ccc(/C=N\NC(=O)c2ccc(O)cc2)cc1Br. The summed E-state index contributed by atoms with van der Waals surface area (Å²) in [5.74, 6) is 0.341. The van der Waals surface area contributed by atoms with Crippen molar-refractivity contribution in [3.63, 3.8) is 0 Å². The van der Waals surface area contributed by atoms with Crippen LogP contribution < -0.4 is 10.2 Å². The van der Waals surface area contributed by atoms with E-state index in [9.17, 15) is 9.90 Å². The molecule has 2 N–H and O–H groups in total. The summed E-state index contributed by atoms with van der Waals surface area (Å²) in [5, 5.41) is 22.3. The first-order chi connectivity index (χ1) is 14.1. The number of aromatic hydroxyl groups is 1. The second kappa shape index (κ2) is 9.53. The largest absolute Gasteiger partial charge is 0.508 e. The average Bonchev–Trinajstić information content (AvgIpc) is 2.73. The third kappa shape index (κ3) is 5.43. The zero-order valence-corrected chi connectivity index (χ0v) is 16.8. The Morgan fingerprint density at radius 1 is 1.17 bits per heavy atom. The van der Waals surface area contributed by atoms with Crippen molar-refractivity contribution in [2.75, 3.05) is 0 Å². The third-order valence-corrected chi connectivity index (χ3v) is 4.61. The van der Waals surface area contributed by atoms with Crippen molar-refractivity contribution in [3.05, 3.63) is 93.5 Å². The molecule has 0 heterocycles. The Morgan fingerprint density at radius 3 is 2.66 bits per heavy atom. The fourth-order valence-electron chi connectivity index (χ4n) is 2.47. The van der Waals surface area contributed by atoms with Crippen LogP contribution in [0.15, 0.2) is 76.3 Å². The van der Waals surface area contributed by atoms with Crippen molar-refractivity contribution in [1.29, 1.82) is 5.26 Å². The Kier molecular flexibility index (Phi) is 6.61. The molecule has 0 aliphatic heterocycles. The minimum absolute atomic E-state index is 0.0910. The van der Waals surface area contributed by atoms with Crippen LogP contribution in [0.4, 0.5) is 0 Å². The standard InChI is InChI=1S/C22H16BrN3O3/c23-20-11-15(13-25-26-22(28)16-6-8-19(27)9-7-16)5-10-21(20)29-14-18-4-2-1-3-17(18)12-24/h1-11,13,27H,14H2,(H,26,28)/b25-13-. The van der Waals surface area contributed by atoms with Crippen LogP contribution >= 0.6 is 15.9 Å². The Morgan fingerprint density at radius 2 is 1.93 bits per heavy atom. The maximum atomic E-state index is 12.0. The maximum Gasteiger partial charge on any atom is 0.271 e. The highest BCUT2D eigenvalue weighted by atomic mass is 79.9. The molecule has 0 atom stereocenters. The van der Waals surface area contributed by atoms with Crippen molar-refractivity contribution in [2.45, 2.75) is 6.61 Å². The number of nitrogens with one attached hydrogen (secondary N) is 1. The van der Waals surface area contributed by atoms with E-state index in [1.807, 2.05) is 24.3 Å². The Labute approximate surface area is 176 Å². The normalized spacial score (nSPS) is 10.5. The van der Waals surface area contributed by atoms with Crippen LogP contribution in [0, 0.1) is 11.3 Å². The number of ether oxygens (including phenoxy) is 1. The van der Waals surface area contributed by atoms with Gasteiger partial charge in [0, 0.05) is 11.1 Å². The van der Waals surface area contributed by atoms with Crippen molar-refractivity contribution < 1.29 is 14.6 Å². The topological polar surface area (TPSA) is 94.7 Å².